The second kappa shape index (κ2) is 6.55. The summed E-state index contributed by atoms with van der Waals surface area (Å²) in [7, 11) is 0.585. The number of carbonyl (C=O) groups excluding carboxylic acids is 1. The topological polar surface area (TPSA) is 29.1 Å². The molecular formula is C7H14NOSi+. The minimum atomic E-state index is -0.0638. The highest BCUT2D eigenvalue weighted by molar-refractivity contribution is 6.33. The maximum Gasteiger partial charge on any atom is 0.295 e. The Kier molecular flexibility index (Phi) is 6.17. The molecule has 0 aliphatic heterocycles. The zero-order valence-electron chi connectivity index (χ0n) is 6.39. The number of nitrogens with one attached hydrogen (secondary N) is 1. The maximum atomic E-state index is 10.6. The molecule has 56 valence electrons. The van der Waals surface area contributed by atoms with E-state index in [2.05, 4.69) is 18.4 Å². The molecule has 0 unspecified atom stereocenters. The van der Waals surface area contributed by atoms with Gasteiger partial charge in [-0.25, -0.2) is 0 Å². The van der Waals surface area contributed by atoms with Crippen molar-refractivity contribution >= 4 is 15.4 Å². The van der Waals surface area contributed by atoms with Crippen LogP contribution in [0.2, 0.25) is 12.6 Å². The highest BCUT2D eigenvalue weighted by Crippen LogP contribution is 1.84. The number of hydrogen-bond donors (Lipinski definition) is 1. The molecule has 10 heavy (non-hydrogen) atoms. The second-order valence-corrected chi connectivity index (χ2v) is 3.44. The van der Waals surface area contributed by atoms with Crippen LogP contribution in [-0.4, -0.2) is 22.0 Å². The van der Waals surface area contributed by atoms with Crippen molar-refractivity contribution in [2.75, 3.05) is 6.54 Å². The van der Waals surface area contributed by atoms with Crippen LogP contribution in [0.15, 0.2) is 12.7 Å². The van der Waals surface area contributed by atoms with E-state index in [9.17, 15) is 4.79 Å². The van der Waals surface area contributed by atoms with Gasteiger partial charge in [-0.2, -0.15) is 0 Å². The number of hydrogen-bond acceptors (Lipinski definition) is 1. The second-order valence-electron chi connectivity index (χ2n) is 2.05. The van der Waals surface area contributed by atoms with E-state index in [0.29, 0.717) is 9.52 Å². The SMILES string of the molecule is C=CC(=O)NCCC[SiH+]C. The number of amides is 1. The average molecular weight is 156 g/mol. The van der Waals surface area contributed by atoms with Crippen LogP contribution in [0.4, 0.5) is 0 Å². The van der Waals surface area contributed by atoms with Gasteiger partial charge in [-0.1, -0.05) is 6.58 Å². The molecule has 1 N–H and O–H groups in total. The zero-order chi connectivity index (χ0) is 7.82. The average Bonchev–Trinajstić information content (AvgIpc) is 1.98. The Morgan fingerprint density at radius 2 is 2.50 bits per heavy atom. The van der Waals surface area contributed by atoms with Crippen molar-refractivity contribution in [3.05, 3.63) is 12.7 Å². The first-order valence-corrected chi connectivity index (χ1v) is 5.46. The lowest BCUT2D eigenvalue weighted by molar-refractivity contribution is -0.116. The summed E-state index contributed by atoms with van der Waals surface area (Å²) in [6.07, 6.45) is 2.41. The van der Waals surface area contributed by atoms with Gasteiger partial charge in [0.1, 0.15) is 0 Å². The predicted octanol–water partition coefficient (Wildman–Crippen LogP) is 0.582. The van der Waals surface area contributed by atoms with Gasteiger partial charge in [0.15, 0.2) is 0 Å². The lowest BCUT2D eigenvalue weighted by Crippen LogP contribution is -2.21. The Morgan fingerprint density at radius 3 is 3.00 bits per heavy atom. The summed E-state index contributed by atoms with van der Waals surface area (Å²) in [6, 6.07) is 1.26. The van der Waals surface area contributed by atoms with Crippen molar-refractivity contribution < 1.29 is 4.79 Å². The first-order valence-electron chi connectivity index (χ1n) is 3.49. The Hall–Kier alpha value is -0.573. The molecule has 0 atom stereocenters. The van der Waals surface area contributed by atoms with E-state index in [1.165, 1.54) is 12.1 Å². The summed E-state index contributed by atoms with van der Waals surface area (Å²) in [5.41, 5.74) is 0. The molecule has 0 fully saturated rings. The highest BCUT2D eigenvalue weighted by Gasteiger charge is 1.95. The summed E-state index contributed by atoms with van der Waals surface area (Å²) in [4.78, 5) is 10.6. The molecule has 0 saturated heterocycles. The van der Waals surface area contributed by atoms with E-state index < -0.39 is 0 Å². The lowest BCUT2D eigenvalue weighted by atomic mass is 10.4. The van der Waals surface area contributed by atoms with Crippen LogP contribution >= 0.6 is 0 Å². The molecule has 0 aliphatic carbocycles. The molecule has 0 heterocycles. The van der Waals surface area contributed by atoms with Crippen molar-refractivity contribution in [3.63, 3.8) is 0 Å². The van der Waals surface area contributed by atoms with Gasteiger partial charge in [0, 0.05) is 6.54 Å². The molecule has 0 aromatic heterocycles. The molecule has 0 aromatic carbocycles. The first kappa shape index (κ1) is 9.43. The Morgan fingerprint density at radius 1 is 1.80 bits per heavy atom. The quantitative estimate of drug-likeness (QED) is 0.352. The third-order valence-electron chi connectivity index (χ3n) is 1.15. The summed E-state index contributed by atoms with van der Waals surface area (Å²) in [5, 5.41) is 2.72. The standard InChI is InChI=1S/C7H13NOSi/c1-3-7(9)8-5-4-6-10-2/h3,10H,1,4-6H2,2H3/p+1. The van der Waals surface area contributed by atoms with E-state index in [4.69, 9.17) is 0 Å². The highest BCUT2D eigenvalue weighted by atomic mass is 28.2. The molecule has 0 bridgehead atoms. The van der Waals surface area contributed by atoms with Gasteiger partial charge in [-0.05, 0) is 12.5 Å². The van der Waals surface area contributed by atoms with Crippen molar-refractivity contribution in [1.29, 1.82) is 0 Å². The minimum Gasteiger partial charge on any atom is -0.352 e. The van der Waals surface area contributed by atoms with Crippen LogP contribution in [-0.2, 0) is 4.79 Å². The van der Waals surface area contributed by atoms with Gasteiger partial charge >= 0.3 is 0 Å². The minimum absolute atomic E-state index is 0.0638. The summed E-state index contributed by atoms with van der Waals surface area (Å²) in [5.74, 6) is -0.0638. The molecule has 0 spiro atoms. The molecule has 0 saturated carbocycles. The van der Waals surface area contributed by atoms with Crippen LogP contribution < -0.4 is 5.32 Å². The van der Waals surface area contributed by atoms with Crippen molar-refractivity contribution in [1.82, 2.24) is 5.32 Å². The predicted molar refractivity (Wildman–Crippen MR) is 45.6 cm³/mol. The van der Waals surface area contributed by atoms with E-state index in [1.807, 2.05) is 0 Å². The molecule has 0 radical (unpaired) electrons. The first-order chi connectivity index (χ1) is 4.81. The fourth-order valence-electron chi connectivity index (χ4n) is 0.590. The molecule has 3 heteroatoms. The van der Waals surface area contributed by atoms with E-state index >= 15 is 0 Å². The van der Waals surface area contributed by atoms with E-state index in [0.717, 1.165) is 13.0 Å². The Bertz CT molecular complexity index is 114. The van der Waals surface area contributed by atoms with Gasteiger partial charge in [0.25, 0.3) is 9.52 Å². The van der Waals surface area contributed by atoms with Crippen LogP contribution in [0, 0.1) is 0 Å². The number of carbonyl (C=O) groups is 1. The zero-order valence-corrected chi connectivity index (χ0v) is 7.55. The molecular weight excluding hydrogens is 142 g/mol. The lowest BCUT2D eigenvalue weighted by Gasteiger charge is -1.96. The third-order valence-corrected chi connectivity index (χ3v) is 2.14. The van der Waals surface area contributed by atoms with Crippen LogP contribution in [0.1, 0.15) is 6.42 Å². The third kappa shape index (κ3) is 5.56. The van der Waals surface area contributed by atoms with Crippen molar-refractivity contribution in [2.45, 2.75) is 19.0 Å². The molecule has 0 rings (SSSR count). The van der Waals surface area contributed by atoms with Gasteiger partial charge in [0.2, 0.25) is 5.91 Å². The molecule has 0 aliphatic rings. The molecule has 2 nitrogen and oxygen atoms in total. The van der Waals surface area contributed by atoms with E-state index in [-0.39, 0.29) is 5.91 Å². The van der Waals surface area contributed by atoms with Crippen LogP contribution in [0.3, 0.4) is 0 Å². The van der Waals surface area contributed by atoms with E-state index in [1.54, 1.807) is 0 Å². The van der Waals surface area contributed by atoms with Gasteiger partial charge in [0.05, 0.1) is 12.6 Å². The van der Waals surface area contributed by atoms with Crippen LogP contribution in [0.5, 0.6) is 0 Å². The van der Waals surface area contributed by atoms with Gasteiger partial charge in [-0.3, -0.25) is 4.79 Å². The summed E-state index contributed by atoms with van der Waals surface area (Å²) in [6.45, 7) is 6.37. The summed E-state index contributed by atoms with van der Waals surface area (Å²) < 4.78 is 0. The molecule has 0 aromatic rings. The van der Waals surface area contributed by atoms with Crippen molar-refractivity contribution in [3.8, 4) is 0 Å². The summed E-state index contributed by atoms with van der Waals surface area (Å²) >= 11 is 0. The Balaban J connectivity index is 3.03. The normalized spacial score (nSPS) is 8.50. The monoisotopic (exact) mass is 156 g/mol. The van der Waals surface area contributed by atoms with Crippen LogP contribution in [0.25, 0.3) is 0 Å². The van der Waals surface area contributed by atoms with Gasteiger partial charge in [-0.15, -0.1) is 0 Å². The largest absolute Gasteiger partial charge is 0.352 e. The van der Waals surface area contributed by atoms with Gasteiger partial charge < -0.3 is 5.32 Å². The van der Waals surface area contributed by atoms with Crippen molar-refractivity contribution in [2.24, 2.45) is 0 Å². The Labute approximate surface area is 64.5 Å². The number of rotatable bonds is 5. The maximum absolute atomic E-state index is 10.6. The fourth-order valence-corrected chi connectivity index (χ4v) is 1.20. The fraction of sp³-hybridized carbons (Fsp3) is 0.571. The molecule has 1 amide bonds. The smallest absolute Gasteiger partial charge is 0.295 e.